The van der Waals surface area contributed by atoms with E-state index in [0.717, 1.165) is 5.65 Å². The zero-order chi connectivity index (χ0) is 14.8. The average Bonchev–Trinajstić information content (AvgIpc) is 2.95. The highest BCUT2D eigenvalue weighted by Gasteiger charge is 2.08. The van der Waals surface area contributed by atoms with Crippen LogP contribution in [0.25, 0.3) is 5.65 Å². The molecule has 0 atom stereocenters. The summed E-state index contributed by atoms with van der Waals surface area (Å²) < 4.78 is 1.77. The number of benzene rings is 1. The first-order valence-corrected chi connectivity index (χ1v) is 6.27. The van der Waals surface area contributed by atoms with Crippen molar-refractivity contribution in [1.82, 2.24) is 9.38 Å². The molecule has 6 nitrogen and oxygen atoms in total. The van der Waals surface area contributed by atoms with Crippen LogP contribution < -0.4 is 11.1 Å². The molecule has 1 aromatic carbocycles. The highest BCUT2D eigenvalue weighted by Crippen LogP contribution is 2.12. The fraction of sp³-hybridized carbons (Fsp3) is 0. The normalized spacial score (nSPS) is 10.5. The third kappa shape index (κ3) is 2.59. The minimum atomic E-state index is -0.501. The van der Waals surface area contributed by atoms with Gasteiger partial charge >= 0.3 is 0 Å². The van der Waals surface area contributed by atoms with Crippen molar-refractivity contribution in [2.24, 2.45) is 5.73 Å². The second-order valence-corrected chi connectivity index (χ2v) is 4.51. The van der Waals surface area contributed by atoms with E-state index in [9.17, 15) is 9.59 Å². The number of anilines is 1. The highest BCUT2D eigenvalue weighted by molar-refractivity contribution is 6.04. The predicted octanol–water partition coefficient (Wildman–Crippen LogP) is 1.69. The first-order chi connectivity index (χ1) is 10.1. The lowest BCUT2D eigenvalue weighted by atomic mass is 10.2. The van der Waals surface area contributed by atoms with Crippen LogP contribution in [-0.2, 0) is 0 Å². The van der Waals surface area contributed by atoms with Crippen molar-refractivity contribution >= 4 is 23.1 Å². The molecule has 104 valence electrons. The van der Waals surface area contributed by atoms with Crippen LogP contribution in [0, 0.1) is 0 Å². The van der Waals surface area contributed by atoms with Crippen molar-refractivity contribution in [3.63, 3.8) is 0 Å². The van der Waals surface area contributed by atoms with Gasteiger partial charge in [0.15, 0.2) is 0 Å². The Morgan fingerprint density at radius 1 is 1.05 bits per heavy atom. The number of hydrogen-bond donors (Lipinski definition) is 2. The molecule has 0 radical (unpaired) electrons. The topological polar surface area (TPSA) is 89.5 Å². The monoisotopic (exact) mass is 280 g/mol. The van der Waals surface area contributed by atoms with Crippen molar-refractivity contribution in [2.75, 3.05) is 5.32 Å². The zero-order valence-corrected chi connectivity index (χ0v) is 11.0. The summed E-state index contributed by atoms with van der Waals surface area (Å²) in [4.78, 5) is 27.3. The summed E-state index contributed by atoms with van der Waals surface area (Å²) in [5.41, 5.74) is 7.44. The van der Waals surface area contributed by atoms with Crippen LogP contribution in [0.5, 0.6) is 0 Å². The van der Waals surface area contributed by atoms with Gasteiger partial charge in [-0.2, -0.15) is 0 Å². The Hall–Kier alpha value is -3.15. The Kier molecular flexibility index (Phi) is 3.12. The summed E-state index contributed by atoms with van der Waals surface area (Å²) in [5, 5.41) is 2.76. The highest BCUT2D eigenvalue weighted by atomic mass is 16.2. The van der Waals surface area contributed by atoms with E-state index in [-0.39, 0.29) is 5.91 Å². The number of pyridine rings is 1. The third-order valence-electron chi connectivity index (χ3n) is 3.08. The summed E-state index contributed by atoms with van der Waals surface area (Å²) >= 11 is 0. The van der Waals surface area contributed by atoms with Crippen LogP contribution in [0.1, 0.15) is 20.7 Å². The van der Waals surface area contributed by atoms with E-state index >= 15 is 0 Å². The molecule has 2 heterocycles. The molecule has 21 heavy (non-hydrogen) atoms. The Morgan fingerprint density at radius 2 is 1.76 bits per heavy atom. The van der Waals surface area contributed by atoms with E-state index in [1.54, 1.807) is 59.4 Å². The van der Waals surface area contributed by atoms with Crippen molar-refractivity contribution in [2.45, 2.75) is 0 Å². The molecule has 2 amide bonds. The van der Waals surface area contributed by atoms with E-state index in [4.69, 9.17) is 5.73 Å². The number of rotatable bonds is 3. The van der Waals surface area contributed by atoms with E-state index in [2.05, 4.69) is 10.3 Å². The maximum absolute atomic E-state index is 12.2. The SMILES string of the molecule is NC(=O)c1ccc(NC(=O)c2ccc3nccn3c2)cc1. The molecule has 0 saturated heterocycles. The molecule has 0 spiro atoms. The number of hydrogen-bond acceptors (Lipinski definition) is 3. The smallest absolute Gasteiger partial charge is 0.257 e. The third-order valence-corrected chi connectivity index (χ3v) is 3.08. The lowest BCUT2D eigenvalue weighted by molar-refractivity contribution is 0.0998. The Labute approximate surface area is 120 Å². The minimum absolute atomic E-state index is 0.238. The number of carbonyl (C=O) groups is 2. The van der Waals surface area contributed by atoms with Gasteiger partial charge in [-0.25, -0.2) is 4.98 Å². The van der Waals surface area contributed by atoms with Crippen LogP contribution in [0.2, 0.25) is 0 Å². The number of amides is 2. The molecule has 0 aliphatic heterocycles. The van der Waals surface area contributed by atoms with Gasteiger partial charge in [-0.15, -0.1) is 0 Å². The minimum Gasteiger partial charge on any atom is -0.366 e. The largest absolute Gasteiger partial charge is 0.366 e. The van der Waals surface area contributed by atoms with E-state index < -0.39 is 5.91 Å². The summed E-state index contributed by atoms with van der Waals surface area (Å²) in [6.45, 7) is 0. The molecular formula is C15H12N4O2. The van der Waals surface area contributed by atoms with Gasteiger partial charge in [-0.1, -0.05) is 0 Å². The quantitative estimate of drug-likeness (QED) is 0.765. The molecule has 0 saturated carbocycles. The molecule has 3 N–H and O–H groups in total. The number of nitrogens with one attached hydrogen (secondary N) is 1. The molecule has 0 aliphatic rings. The molecule has 0 fully saturated rings. The summed E-state index contributed by atoms with van der Waals surface area (Å²) in [7, 11) is 0. The van der Waals surface area contributed by atoms with Gasteiger partial charge < -0.3 is 15.5 Å². The van der Waals surface area contributed by atoms with Crippen molar-refractivity contribution in [3.8, 4) is 0 Å². The van der Waals surface area contributed by atoms with Crippen LogP contribution in [0.15, 0.2) is 55.0 Å². The second kappa shape index (κ2) is 5.09. The predicted molar refractivity (Wildman–Crippen MR) is 78.1 cm³/mol. The molecule has 3 rings (SSSR count). The Balaban J connectivity index is 1.80. The van der Waals surface area contributed by atoms with Crippen LogP contribution in [-0.4, -0.2) is 21.2 Å². The number of nitrogens with zero attached hydrogens (tertiary/aromatic N) is 2. The molecule has 6 heteroatoms. The van der Waals surface area contributed by atoms with Crippen molar-refractivity contribution < 1.29 is 9.59 Å². The van der Waals surface area contributed by atoms with Gasteiger partial charge in [0.05, 0.1) is 5.56 Å². The molecule has 3 aromatic rings. The van der Waals surface area contributed by atoms with Gasteiger partial charge in [0.1, 0.15) is 5.65 Å². The summed E-state index contributed by atoms with van der Waals surface area (Å²) in [5.74, 6) is -0.740. The molecule has 2 aromatic heterocycles. The first-order valence-electron chi connectivity index (χ1n) is 6.27. The molecule has 0 unspecified atom stereocenters. The lowest BCUT2D eigenvalue weighted by Crippen LogP contribution is -2.13. The first kappa shape index (κ1) is 12.9. The standard InChI is InChI=1S/C15H12N4O2/c16-14(20)10-1-4-12(5-2-10)18-15(21)11-3-6-13-17-7-8-19(13)9-11/h1-9H,(H2,16,20)(H,18,21). The van der Waals surface area contributed by atoms with Crippen molar-refractivity contribution in [1.29, 1.82) is 0 Å². The van der Waals surface area contributed by atoms with Crippen LogP contribution >= 0.6 is 0 Å². The number of primary amides is 1. The molecule has 0 bridgehead atoms. The van der Waals surface area contributed by atoms with Crippen LogP contribution in [0.4, 0.5) is 5.69 Å². The fourth-order valence-electron chi connectivity index (χ4n) is 1.98. The number of aromatic nitrogens is 2. The molecular weight excluding hydrogens is 268 g/mol. The fourth-order valence-corrected chi connectivity index (χ4v) is 1.98. The Bertz CT molecular complexity index is 821. The number of imidazole rings is 1. The lowest BCUT2D eigenvalue weighted by Gasteiger charge is -2.06. The number of nitrogens with two attached hydrogens (primary N) is 1. The van der Waals surface area contributed by atoms with Gasteiger partial charge in [-0.3, -0.25) is 9.59 Å². The number of fused-ring (bicyclic) bond motifs is 1. The summed E-state index contributed by atoms with van der Waals surface area (Å²) in [6, 6.07) is 9.87. The van der Waals surface area contributed by atoms with Crippen molar-refractivity contribution in [3.05, 3.63) is 66.1 Å². The van der Waals surface area contributed by atoms with Gasteiger partial charge in [0.25, 0.3) is 5.91 Å². The second-order valence-electron chi connectivity index (χ2n) is 4.51. The summed E-state index contributed by atoms with van der Waals surface area (Å²) in [6.07, 6.45) is 5.14. The van der Waals surface area contributed by atoms with Gasteiger partial charge in [-0.05, 0) is 36.4 Å². The zero-order valence-electron chi connectivity index (χ0n) is 11.0. The molecule has 0 aliphatic carbocycles. The maximum atomic E-state index is 12.2. The average molecular weight is 280 g/mol. The Morgan fingerprint density at radius 3 is 2.48 bits per heavy atom. The van der Waals surface area contributed by atoms with Gasteiger partial charge in [0, 0.05) is 29.8 Å². The van der Waals surface area contributed by atoms with E-state index in [1.165, 1.54) is 0 Å². The van der Waals surface area contributed by atoms with E-state index in [0.29, 0.717) is 16.8 Å². The van der Waals surface area contributed by atoms with E-state index in [1.807, 2.05) is 0 Å². The van der Waals surface area contributed by atoms with Crippen LogP contribution in [0.3, 0.4) is 0 Å². The van der Waals surface area contributed by atoms with Gasteiger partial charge in [0.2, 0.25) is 5.91 Å². The number of carbonyl (C=O) groups excluding carboxylic acids is 2. The maximum Gasteiger partial charge on any atom is 0.257 e.